The average Bonchev–Trinajstić information content (AvgIpc) is 2.75. The molecular formula is C10H9BrO3. The molecule has 0 spiro atoms. The van der Waals surface area contributed by atoms with Crippen molar-refractivity contribution in [3.8, 4) is 0 Å². The quantitative estimate of drug-likeness (QED) is 0.919. The fourth-order valence-electron chi connectivity index (χ4n) is 1.24. The van der Waals surface area contributed by atoms with Gasteiger partial charge in [0, 0.05) is 6.42 Å². The van der Waals surface area contributed by atoms with Gasteiger partial charge in [-0.3, -0.25) is 0 Å². The van der Waals surface area contributed by atoms with Crippen LogP contribution in [0, 0.1) is 0 Å². The van der Waals surface area contributed by atoms with E-state index in [1.54, 1.807) is 24.7 Å². The first-order valence-corrected chi connectivity index (χ1v) is 4.99. The molecule has 3 nitrogen and oxygen atoms in total. The molecule has 0 aliphatic carbocycles. The lowest BCUT2D eigenvalue weighted by atomic mass is 10.1. The summed E-state index contributed by atoms with van der Waals surface area (Å²) in [6, 6.07) is 5.32. The molecule has 0 saturated heterocycles. The number of halogens is 1. The maximum atomic E-state index is 9.75. The first-order chi connectivity index (χ1) is 6.75. The standard InChI is InChI=1S/C10H9BrO3/c11-10-2-1-9(14-10)8(12)5-7-3-4-13-6-7/h1-4,6,8,12H,5H2. The molecular weight excluding hydrogens is 248 g/mol. The van der Waals surface area contributed by atoms with Crippen LogP contribution in [0.15, 0.2) is 44.2 Å². The molecule has 1 atom stereocenters. The first kappa shape index (κ1) is 9.55. The van der Waals surface area contributed by atoms with Crippen LogP contribution in [0.1, 0.15) is 17.4 Å². The second kappa shape index (κ2) is 4.02. The van der Waals surface area contributed by atoms with Crippen LogP contribution in [0.4, 0.5) is 0 Å². The highest BCUT2D eigenvalue weighted by Crippen LogP contribution is 2.23. The first-order valence-electron chi connectivity index (χ1n) is 4.20. The van der Waals surface area contributed by atoms with Gasteiger partial charge in [-0.25, -0.2) is 0 Å². The molecule has 0 fully saturated rings. The van der Waals surface area contributed by atoms with E-state index >= 15 is 0 Å². The van der Waals surface area contributed by atoms with Crippen LogP contribution in [-0.2, 0) is 6.42 Å². The summed E-state index contributed by atoms with van der Waals surface area (Å²) in [5.41, 5.74) is 0.949. The molecule has 0 radical (unpaired) electrons. The van der Waals surface area contributed by atoms with E-state index in [0.29, 0.717) is 16.9 Å². The third kappa shape index (κ3) is 2.08. The molecule has 2 aromatic heterocycles. The third-order valence-corrected chi connectivity index (χ3v) is 2.36. The van der Waals surface area contributed by atoms with Gasteiger partial charge >= 0.3 is 0 Å². The van der Waals surface area contributed by atoms with E-state index in [1.165, 1.54) is 0 Å². The van der Waals surface area contributed by atoms with Crippen LogP contribution in [0.5, 0.6) is 0 Å². The van der Waals surface area contributed by atoms with E-state index in [0.717, 1.165) is 5.56 Å². The van der Waals surface area contributed by atoms with Gasteiger partial charge in [0.1, 0.15) is 11.9 Å². The van der Waals surface area contributed by atoms with Gasteiger partial charge in [0.15, 0.2) is 4.67 Å². The van der Waals surface area contributed by atoms with Gasteiger partial charge in [0.25, 0.3) is 0 Å². The lowest BCUT2D eigenvalue weighted by molar-refractivity contribution is 0.148. The van der Waals surface area contributed by atoms with Crippen molar-refractivity contribution in [1.29, 1.82) is 0 Å². The molecule has 0 aliphatic rings. The zero-order valence-corrected chi connectivity index (χ0v) is 8.90. The predicted molar refractivity (Wildman–Crippen MR) is 53.8 cm³/mol. The molecule has 4 heteroatoms. The summed E-state index contributed by atoms with van der Waals surface area (Å²) in [7, 11) is 0. The second-order valence-corrected chi connectivity index (χ2v) is 3.77. The molecule has 2 aromatic rings. The number of furan rings is 2. The fourth-order valence-corrected chi connectivity index (χ4v) is 1.56. The van der Waals surface area contributed by atoms with Crippen molar-refractivity contribution in [1.82, 2.24) is 0 Å². The topological polar surface area (TPSA) is 46.5 Å². The van der Waals surface area contributed by atoms with Gasteiger partial charge in [0.2, 0.25) is 0 Å². The predicted octanol–water partition coefficient (Wildman–Crippen LogP) is 2.91. The van der Waals surface area contributed by atoms with E-state index in [1.807, 2.05) is 6.07 Å². The highest BCUT2D eigenvalue weighted by atomic mass is 79.9. The van der Waals surface area contributed by atoms with Crippen LogP contribution >= 0.6 is 15.9 Å². The van der Waals surface area contributed by atoms with E-state index in [4.69, 9.17) is 8.83 Å². The molecule has 0 amide bonds. The lowest BCUT2D eigenvalue weighted by Crippen LogP contribution is -1.98. The minimum Gasteiger partial charge on any atom is -0.472 e. The van der Waals surface area contributed by atoms with Crippen molar-refractivity contribution in [2.24, 2.45) is 0 Å². The zero-order chi connectivity index (χ0) is 9.97. The largest absolute Gasteiger partial charge is 0.472 e. The number of rotatable bonds is 3. The van der Waals surface area contributed by atoms with E-state index in [2.05, 4.69) is 15.9 Å². The van der Waals surface area contributed by atoms with Crippen molar-refractivity contribution in [2.45, 2.75) is 12.5 Å². The average molecular weight is 257 g/mol. The lowest BCUT2D eigenvalue weighted by Gasteiger charge is -2.04. The minimum atomic E-state index is -0.626. The van der Waals surface area contributed by atoms with Gasteiger partial charge in [-0.2, -0.15) is 0 Å². The SMILES string of the molecule is OC(Cc1ccoc1)c1ccc(Br)o1. The molecule has 2 heterocycles. The van der Waals surface area contributed by atoms with Crippen LogP contribution in [0.25, 0.3) is 0 Å². The molecule has 1 unspecified atom stereocenters. The number of aliphatic hydroxyl groups excluding tert-OH is 1. The Bertz CT molecular complexity index is 391. The molecule has 14 heavy (non-hydrogen) atoms. The van der Waals surface area contributed by atoms with Crippen LogP contribution in [0.2, 0.25) is 0 Å². The molecule has 2 rings (SSSR count). The molecule has 0 saturated carbocycles. The maximum absolute atomic E-state index is 9.75. The maximum Gasteiger partial charge on any atom is 0.169 e. The van der Waals surface area contributed by atoms with Crippen molar-refractivity contribution in [2.75, 3.05) is 0 Å². The summed E-state index contributed by atoms with van der Waals surface area (Å²) in [5, 5.41) is 9.75. The van der Waals surface area contributed by atoms with E-state index in [9.17, 15) is 5.11 Å². The summed E-state index contributed by atoms with van der Waals surface area (Å²) in [6.45, 7) is 0. The smallest absolute Gasteiger partial charge is 0.169 e. The normalized spacial score (nSPS) is 13.0. The number of hydrogen-bond donors (Lipinski definition) is 1. The highest BCUT2D eigenvalue weighted by Gasteiger charge is 2.12. The number of aliphatic hydroxyl groups is 1. The van der Waals surface area contributed by atoms with Gasteiger partial charge in [0.05, 0.1) is 12.5 Å². The van der Waals surface area contributed by atoms with Crippen molar-refractivity contribution < 1.29 is 13.9 Å². The molecule has 0 aromatic carbocycles. The van der Waals surface area contributed by atoms with Gasteiger partial charge in [-0.15, -0.1) is 0 Å². The minimum absolute atomic E-state index is 0.496. The van der Waals surface area contributed by atoms with Gasteiger partial charge in [-0.05, 0) is 39.7 Å². The summed E-state index contributed by atoms with van der Waals surface area (Å²) < 4.78 is 10.8. The Kier molecular flexibility index (Phi) is 2.74. The van der Waals surface area contributed by atoms with E-state index < -0.39 is 6.10 Å². The van der Waals surface area contributed by atoms with Crippen LogP contribution < -0.4 is 0 Å². The Balaban J connectivity index is 2.06. The monoisotopic (exact) mass is 256 g/mol. The van der Waals surface area contributed by atoms with Gasteiger partial charge in [-0.1, -0.05) is 0 Å². The fraction of sp³-hybridized carbons (Fsp3) is 0.200. The number of hydrogen-bond acceptors (Lipinski definition) is 3. The summed E-state index contributed by atoms with van der Waals surface area (Å²) in [5.74, 6) is 0.554. The molecule has 74 valence electrons. The van der Waals surface area contributed by atoms with Crippen LogP contribution in [-0.4, -0.2) is 5.11 Å². The Hall–Kier alpha value is -1.000. The molecule has 0 aliphatic heterocycles. The van der Waals surface area contributed by atoms with Crippen molar-refractivity contribution in [3.05, 3.63) is 46.7 Å². The van der Waals surface area contributed by atoms with Crippen LogP contribution in [0.3, 0.4) is 0 Å². The molecule has 0 bridgehead atoms. The Morgan fingerprint density at radius 2 is 2.21 bits per heavy atom. The Labute approximate surface area is 89.5 Å². The Morgan fingerprint density at radius 1 is 1.36 bits per heavy atom. The summed E-state index contributed by atoms with van der Waals surface area (Å²) in [6.07, 6.45) is 3.07. The third-order valence-electron chi connectivity index (χ3n) is 1.93. The Morgan fingerprint density at radius 3 is 2.79 bits per heavy atom. The van der Waals surface area contributed by atoms with E-state index in [-0.39, 0.29) is 0 Å². The summed E-state index contributed by atoms with van der Waals surface area (Å²) >= 11 is 3.18. The van der Waals surface area contributed by atoms with Gasteiger partial charge < -0.3 is 13.9 Å². The summed E-state index contributed by atoms with van der Waals surface area (Å²) in [4.78, 5) is 0. The molecule has 1 N–H and O–H groups in total. The highest BCUT2D eigenvalue weighted by molar-refractivity contribution is 9.10. The van der Waals surface area contributed by atoms with Crippen molar-refractivity contribution >= 4 is 15.9 Å². The van der Waals surface area contributed by atoms with Crippen molar-refractivity contribution in [3.63, 3.8) is 0 Å². The zero-order valence-electron chi connectivity index (χ0n) is 7.31. The second-order valence-electron chi connectivity index (χ2n) is 2.99.